The number of benzene rings is 1. The zero-order valence-corrected chi connectivity index (χ0v) is 19.6. The molecule has 3 aromatic rings. The Balaban J connectivity index is 1.48. The van der Waals surface area contributed by atoms with Crippen molar-refractivity contribution in [1.82, 2.24) is 18.8 Å². The highest BCUT2D eigenvalue weighted by atomic mass is 32.2. The zero-order chi connectivity index (χ0) is 22.2. The van der Waals surface area contributed by atoms with E-state index in [0.29, 0.717) is 41.6 Å². The van der Waals surface area contributed by atoms with Crippen LogP contribution in [0.2, 0.25) is 0 Å². The molecule has 8 nitrogen and oxygen atoms in total. The molecule has 0 N–H and O–H groups in total. The topological polar surface area (TPSA) is 92.6 Å². The van der Waals surface area contributed by atoms with Crippen LogP contribution in [0.25, 0.3) is 20.7 Å². The lowest BCUT2D eigenvalue weighted by molar-refractivity contribution is -0.129. The van der Waals surface area contributed by atoms with Crippen LogP contribution in [0.4, 0.5) is 0 Å². The van der Waals surface area contributed by atoms with Gasteiger partial charge < -0.3 is 4.90 Å². The van der Waals surface area contributed by atoms with Gasteiger partial charge in [0.1, 0.15) is 4.83 Å². The maximum absolute atomic E-state index is 12.8. The van der Waals surface area contributed by atoms with Crippen molar-refractivity contribution in [3.8, 4) is 10.4 Å². The maximum atomic E-state index is 12.8. The van der Waals surface area contributed by atoms with Gasteiger partial charge in [-0.25, -0.2) is 13.4 Å². The molecule has 0 atom stereocenters. The third-order valence-electron chi connectivity index (χ3n) is 5.18. The van der Waals surface area contributed by atoms with E-state index in [1.807, 2.05) is 36.4 Å². The monoisotopic (exact) mass is 478 g/mol. The van der Waals surface area contributed by atoms with Crippen LogP contribution in [-0.2, 0) is 21.9 Å². The molecule has 1 aliphatic rings. The number of fused-ring (bicyclic) bond motifs is 1. The lowest BCUT2D eigenvalue weighted by Gasteiger charge is -2.33. The molecule has 4 rings (SSSR count). The molecule has 31 heavy (non-hydrogen) atoms. The molecule has 0 unspecified atom stereocenters. The number of carbonyl (C=O) groups is 1. The van der Waals surface area contributed by atoms with Crippen LogP contribution >= 0.6 is 23.1 Å². The Hall–Kier alpha value is -2.21. The van der Waals surface area contributed by atoms with Crippen LogP contribution in [0, 0.1) is 0 Å². The normalized spacial score (nSPS) is 15.5. The number of rotatable bonds is 5. The van der Waals surface area contributed by atoms with Crippen LogP contribution in [-0.4, -0.2) is 71.3 Å². The first kappa shape index (κ1) is 22.0. The molecule has 1 aliphatic heterocycles. The molecule has 0 bridgehead atoms. The van der Waals surface area contributed by atoms with Gasteiger partial charge in [0, 0.05) is 38.1 Å². The Morgan fingerprint density at radius 1 is 1.16 bits per heavy atom. The maximum Gasteiger partial charge on any atom is 0.262 e. The van der Waals surface area contributed by atoms with Crippen molar-refractivity contribution >= 4 is 49.2 Å². The molecule has 0 saturated carbocycles. The summed E-state index contributed by atoms with van der Waals surface area (Å²) in [7, 11) is -1.58. The second-order valence-corrected chi connectivity index (χ2v) is 11.2. The average molecular weight is 479 g/mol. The quantitative estimate of drug-likeness (QED) is 0.411. The number of piperazine rings is 1. The van der Waals surface area contributed by atoms with Crippen LogP contribution in [0.3, 0.4) is 0 Å². The number of aromatic nitrogens is 2. The summed E-state index contributed by atoms with van der Waals surface area (Å²) in [4.78, 5) is 33.3. The molecule has 0 aliphatic carbocycles. The smallest absolute Gasteiger partial charge is 0.262 e. The molecule has 0 radical (unpaired) electrons. The van der Waals surface area contributed by atoms with Crippen LogP contribution in [0.15, 0.2) is 46.3 Å². The number of hydrogen-bond acceptors (Lipinski definition) is 7. The van der Waals surface area contributed by atoms with E-state index in [-0.39, 0.29) is 17.2 Å². The van der Waals surface area contributed by atoms with E-state index < -0.39 is 10.0 Å². The summed E-state index contributed by atoms with van der Waals surface area (Å²) in [6.45, 7) is 1.33. The van der Waals surface area contributed by atoms with Crippen molar-refractivity contribution in [2.45, 2.75) is 5.16 Å². The number of thiophene rings is 1. The van der Waals surface area contributed by atoms with Crippen LogP contribution in [0.1, 0.15) is 0 Å². The molecule has 1 fully saturated rings. The van der Waals surface area contributed by atoms with Gasteiger partial charge in [0.25, 0.3) is 5.56 Å². The van der Waals surface area contributed by atoms with Gasteiger partial charge in [-0.2, -0.15) is 4.31 Å². The van der Waals surface area contributed by atoms with Gasteiger partial charge in [-0.05, 0) is 11.6 Å². The largest absolute Gasteiger partial charge is 0.339 e. The zero-order valence-electron chi connectivity index (χ0n) is 17.1. The van der Waals surface area contributed by atoms with E-state index in [0.717, 1.165) is 10.4 Å². The molecule has 164 valence electrons. The summed E-state index contributed by atoms with van der Waals surface area (Å²) >= 11 is 2.68. The Morgan fingerprint density at radius 2 is 1.84 bits per heavy atom. The van der Waals surface area contributed by atoms with Crippen molar-refractivity contribution < 1.29 is 13.2 Å². The molecule has 1 amide bonds. The van der Waals surface area contributed by atoms with E-state index >= 15 is 0 Å². The van der Waals surface area contributed by atoms with Gasteiger partial charge >= 0.3 is 0 Å². The summed E-state index contributed by atoms with van der Waals surface area (Å²) < 4.78 is 26.1. The molecule has 2 aromatic heterocycles. The Labute approximate surface area is 188 Å². The number of hydrogen-bond donors (Lipinski definition) is 0. The van der Waals surface area contributed by atoms with E-state index in [4.69, 9.17) is 0 Å². The van der Waals surface area contributed by atoms with E-state index in [2.05, 4.69) is 4.98 Å². The SMILES string of the molecule is Cn1c(SCC(=O)N2CCN(S(C)(=O)=O)CC2)nc2sc(-c3ccccc3)cc2c1=O. The van der Waals surface area contributed by atoms with E-state index in [1.165, 1.54) is 38.2 Å². The number of nitrogens with zero attached hydrogens (tertiary/aromatic N) is 4. The van der Waals surface area contributed by atoms with Crippen LogP contribution < -0.4 is 5.56 Å². The lowest BCUT2D eigenvalue weighted by Crippen LogP contribution is -2.50. The molecule has 3 heterocycles. The minimum atomic E-state index is -3.24. The Kier molecular flexibility index (Phi) is 6.20. The molecular weight excluding hydrogens is 456 g/mol. The van der Waals surface area contributed by atoms with Gasteiger partial charge in [-0.15, -0.1) is 11.3 Å². The standard InChI is InChI=1S/C20H22N4O4S3/c1-22-19(26)15-12-16(14-6-4-3-5-7-14)30-18(15)21-20(22)29-13-17(25)23-8-10-24(11-9-23)31(2,27)28/h3-7,12H,8-11,13H2,1-2H3. The van der Waals surface area contributed by atoms with Crippen molar-refractivity contribution in [3.63, 3.8) is 0 Å². The van der Waals surface area contributed by atoms with Gasteiger partial charge in [-0.3, -0.25) is 14.2 Å². The minimum absolute atomic E-state index is 0.0938. The van der Waals surface area contributed by atoms with Gasteiger partial charge in [0.15, 0.2) is 5.16 Å². The second kappa shape index (κ2) is 8.73. The third-order valence-corrected chi connectivity index (χ3v) is 8.57. The molecule has 0 spiro atoms. The van der Waals surface area contributed by atoms with Crippen LogP contribution in [0.5, 0.6) is 0 Å². The summed E-state index contributed by atoms with van der Waals surface area (Å²) in [6, 6.07) is 11.7. The minimum Gasteiger partial charge on any atom is -0.339 e. The first-order valence-electron chi connectivity index (χ1n) is 9.66. The summed E-state index contributed by atoms with van der Waals surface area (Å²) in [6.07, 6.45) is 1.18. The van der Waals surface area contributed by atoms with E-state index in [9.17, 15) is 18.0 Å². The fraction of sp³-hybridized carbons (Fsp3) is 0.350. The van der Waals surface area contributed by atoms with Gasteiger partial charge in [-0.1, -0.05) is 42.1 Å². The summed E-state index contributed by atoms with van der Waals surface area (Å²) in [5, 5.41) is 1.06. The number of sulfonamides is 1. The number of thioether (sulfide) groups is 1. The van der Waals surface area contributed by atoms with Crippen molar-refractivity contribution in [2.75, 3.05) is 38.2 Å². The van der Waals surface area contributed by atoms with Crippen molar-refractivity contribution in [2.24, 2.45) is 7.05 Å². The molecule has 1 saturated heterocycles. The first-order valence-corrected chi connectivity index (χ1v) is 13.3. The molecular formula is C20H22N4O4S3. The highest BCUT2D eigenvalue weighted by Crippen LogP contribution is 2.32. The Bertz CT molecular complexity index is 1280. The lowest BCUT2D eigenvalue weighted by atomic mass is 10.2. The second-order valence-electron chi connectivity index (χ2n) is 7.29. The highest BCUT2D eigenvalue weighted by Gasteiger charge is 2.26. The van der Waals surface area contributed by atoms with E-state index in [1.54, 1.807) is 11.9 Å². The third kappa shape index (κ3) is 4.69. The number of amides is 1. The molecule has 11 heteroatoms. The summed E-state index contributed by atoms with van der Waals surface area (Å²) in [5.74, 6) is 0.0466. The van der Waals surface area contributed by atoms with Gasteiger partial charge in [0.2, 0.25) is 15.9 Å². The van der Waals surface area contributed by atoms with Gasteiger partial charge in [0.05, 0.1) is 17.4 Å². The number of carbonyl (C=O) groups excluding carboxylic acids is 1. The average Bonchev–Trinajstić information content (AvgIpc) is 3.19. The predicted molar refractivity (Wildman–Crippen MR) is 124 cm³/mol. The predicted octanol–water partition coefficient (Wildman–Crippen LogP) is 1.86. The van der Waals surface area contributed by atoms with Crippen molar-refractivity contribution in [3.05, 3.63) is 46.8 Å². The fourth-order valence-electron chi connectivity index (χ4n) is 3.41. The highest BCUT2D eigenvalue weighted by molar-refractivity contribution is 7.99. The fourth-order valence-corrected chi connectivity index (χ4v) is 6.19. The first-order chi connectivity index (χ1) is 14.7. The molecule has 1 aromatic carbocycles. The Morgan fingerprint density at radius 3 is 2.48 bits per heavy atom. The van der Waals surface area contributed by atoms with Crippen molar-refractivity contribution in [1.29, 1.82) is 0 Å². The summed E-state index contributed by atoms with van der Waals surface area (Å²) in [5.41, 5.74) is 0.894.